The van der Waals surface area contributed by atoms with E-state index < -0.39 is 29.5 Å². The summed E-state index contributed by atoms with van der Waals surface area (Å²) in [5.74, 6) is -1.84. The molecule has 0 unspecified atom stereocenters. The van der Waals surface area contributed by atoms with Crippen LogP contribution < -0.4 is 4.74 Å². The fourth-order valence-corrected chi connectivity index (χ4v) is 1.40. The zero-order valence-electron chi connectivity index (χ0n) is 8.89. The molecule has 0 aliphatic carbocycles. The number of hydrogen-bond donors (Lipinski definition) is 0. The van der Waals surface area contributed by atoms with Gasteiger partial charge in [0.2, 0.25) is 0 Å². The van der Waals surface area contributed by atoms with E-state index in [1.807, 2.05) is 0 Å². The van der Waals surface area contributed by atoms with E-state index >= 15 is 0 Å². The Bertz CT molecular complexity index is 402. The molecular weight excluding hydrogens is 221 g/mol. The van der Waals surface area contributed by atoms with E-state index in [4.69, 9.17) is 0 Å². The fourth-order valence-electron chi connectivity index (χ4n) is 1.40. The number of Topliss-reactive ketones (excluding diaryl/α,β-unsaturated/α-hetero) is 1. The molecule has 1 aromatic carbocycles. The Balaban J connectivity index is 3.29. The van der Waals surface area contributed by atoms with Crippen LogP contribution in [0.4, 0.5) is 13.2 Å². The smallest absolute Gasteiger partial charge is 0.387 e. The van der Waals surface area contributed by atoms with Gasteiger partial charge in [0.25, 0.3) is 0 Å². The van der Waals surface area contributed by atoms with E-state index in [1.54, 1.807) is 6.92 Å². The first kappa shape index (κ1) is 12.5. The third-order valence-electron chi connectivity index (χ3n) is 2.13. The lowest BCUT2D eigenvalue weighted by molar-refractivity contribution is -0.0503. The Labute approximate surface area is 91.0 Å². The third kappa shape index (κ3) is 2.53. The van der Waals surface area contributed by atoms with E-state index in [0.29, 0.717) is 12.0 Å². The summed E-state index contributed by atoms with van der Waals surface area (Å²) in [6.45, 7) is -0.267. The van der Waals surface area contributed by atoms with Gasteiger partial charge in [-0.1, -0.05) is 13.0 Å². The third-order valence-corrected chi connectivity index (χ3v) is 2.13. The van der Waals surface area contributed by atoms with E-state index in [9.17, 15) is 18.0 Å². The minimum atomic E-state index is -3.08. The molecule has 0 aliphatic heterocycles. The van der Waals surface area contributed by atoms with Gasteiger partial charge in [0.05, 0.1) is 5.56 Å². The minimum absolute atomic E-state index is 0.298. The number of ketones is 1. The van der Waals surface area contributed by atoms with Crippen molar-refractivity contribution in [3.05, 3.63) is 29.1 Å². The predicted molar refractivity (Wildman–Crippen MR) is 52.4 cm³/mol. The quantitative estimate of drug-likeness (QED) is 0.745. The van der Waals surface area contributed by atoms with Crippen LogP contribution in [0.25, 0.3) is 0 Å². The van der Waals surface area contributed by atoms with Crippen LogP contribution in [0, 0.1) is 5.82 Å². The van der Waals surface area contributed by atoms with Crippen LogP contribution in [0.2, 0.25) is 0 Å². The number of ether oxygens (including phenoxy) is 1. The van der Waals surface area contributed by atoms with Crippen molar-refractivity contribution in [2.24, 2.45) is 0 Å². The number of carbonyl (C=O) groups excluding carboxylic acids is 1. The normalized spacial score (nSPS) is 10.6. The molecule has 16 heavy (non-hydrogen) atoms. The summed E-state index contributed by atoms with van der Waals surface area (Å²) in [6, 6.07) is 2.52. The first-order valence-corrected chi connectivity index (χ1v) is 4.74. The molecule has 0 N–H and O–H groups in total. The summed E-state index contributed by atoms with van der Waals surface area (Å²) >= 11 is 0. The second-order valence-corrected chi connectivity index (χ2v) is 3.20. The van der Waals surface area contributed by atoms with Crippen molar-refractivity contribution in [2.75, 3.05) is 0 Å². The SMILES string of the molecule is CCc1ccc(OC(F)F)c(C(C)=O)c1F. The number of aryl methyl sites for hydroxylation is 1. The second-order valence-electron chi connectivity index (χ2n) is 3.20. The van der Waals surface area contributed by atoms with Crippen molar-refractivity contribution < 1.29 is 22.7 Å². The molecule has 0 heterocycles. The Morgan fingerprint density at radius 3 is 2.50 bits per heavy atom. The van der Waals surface area contributed by atoms with Gasteiger partial charge < -0.3 is 4.74 Å². The lowest BCUT2D eigenvalue weighted by Crippen LogP contribution is -2.09. The molecule has 0 saturated carbocycles. The van der Waals surface area contributed by atoms with Crippen molar-refractivity contribution in [1.82, 2.24) is 0 Å². The molecule has 5 heteroatoms. The van der Waals surface area contributed by atoms with Gasteiger partial charge in [-0.2, -0.15) is 8.78 Å². The summed E-state index contributed by atoms with van der Waals surface area (Å²) in [4.78, 5) is 11.2. The van der Waals surface area contributed by atoms with E-state index in [-0.39, 0.29) is 0 Å². The topological polar surface area (TPSA) is 26.3 Å². The van der Waals surface area contributed by atoms with Crippen LogP contribution in [0.15, 0.2) is 12.1 Å². The van der Waals surface area contributed by atoms with Crippen LogP contribution >= 0.6 is 0 Å². The van der Waals surface area contributed by atoms with E-state index in [1.165, 1.54) is 12.1 Å². The van der Waals surface area contributed by atoms with Crippen molar-refractivity contribution in [1.29, 1.82) is 0 Å². The summed E-state index contributed by atoms with van der Waals surface area (Å²) < 4.78 is 41.8. The summed E-state index contributed by atoms with van der Waals surface area (Å²) in [5.41, 5.74) is -0.119. The zero-order valence-corrected chi connectivity index (χ0v) is 8.89. The molecule has 0 bridgehead atoms. The molecular formula is C11H11F3O2. The van der Waals surface area contributed by atoms with Gasteiger partial charge in [0.15, 0.2) is 5.78 Å². The molecule has 0 aliphatic rings. The minimum Gasteiger partial charge on any atom is -0.434 e. The fraction of sp³-hybridized carbons (Fsp3) is 0.364. The van der Waals surface area contributed by atoms with Gasteiger partial charge in [-0.15, -0.1) is 0 Å². The first-order valence-electron chi connectivity index (χ1n) is 4.74. The van der Waals surface area contributed by atoms with Crippen LogP contribution in [0.3, 0.4) is 0 Å². The molecule has 0 fully saturated rings. The summed E-state index contributed by atoms with van der Waals surface area (Å²) in [7, 11) is 0. The molecule has 0 amide bonds. The highest BCUT2D eigenvalue weighted by Gasteiger charge is 2.19. The Morgan fingerprint density at radius 1 is 1.44 bits per heavy atom. The number of carbonyl (C=O) groups is 1. The van der Waals surface area contributed by atoms with Crippen molar-refractivity contribution in [3.8, 4) is 5.75 Å². The number of alkyl halides is 2. The number of rotatable bonds is 4. The Kier molecular flexibility index (Phi) is 3.93. The van der Waals surface area contributed by atoms with Gasteiger partial charge >= 0.3 is 6.61 Å². The zero-order chi connectivity index (χ0) is 12.3. The number of halogens is 3. The summed E-state index contributed by atoms with van der Waals surface area (Å²) in [5, 5.41) is 0. The maximum absolute atomic E-state index is 13.7. The summed E-state index contributed by atoms with van der Waals surface area (Å²) in [6.07, 6.45) is 0.376. The standard InChI is InChI=1S/C11H11F3O2/c1-3-7-4-5-8(16-11(13)14)9(6(2)15)10(7)12/h4-5,11H,3H2,1-2H3. The van der Waals surface area contributed by atoms with Crippen molar-refractivity contribution >= 4 is 5.78 Å². The maximum atomic E-state index is 13.7. The van der Waals surface area contributed by atoms with Crippen LogP contribution in [-0.2, 0) is 6.42 Å². The van der Waals surface area contributed by atoms with Crippen LogP contribution in [0.1, 0.15) is 29.8 Å². The van der Waals surface area contributed by atoms with Crippen LogP contribution in [0.5, 0.6) is 5.75 Å². The average molecular weight is 232 g/mol. The largest absolute Gasteiger partial charge is 0.434 e. The number of hydrogen-bond acceptors (Lipinski definition) is 2. The lowest BCUT2D eigenvalue weighted by atomic mass is 10.0. The highest BCUT2D eigenvalue weighted by Crippen LogP contribution is 2.26. The number of benzene rings is 1. The highest BCUT2D eigenvalue weighted by molar-refractivity contribution is 5.97. The van der Waals surface area contributed by atoms with E-state index in [0.717, 1.165) is 6.92 Å². The van der Waals surface area contributed by atoms with Gasteiger partial charge in [0, 0.05) is 0 Å². The predicted octanol–water partition coefficient (Wildman–Crippen LogP) is 3.19. The molecule has 0 saturated heterocycles. The molecule has 1 rings (SSSR count). The molecule has 1 aromatic rings. The molecule has 0 spiro atoms. The Hall–Kier alpha value is -1.52. The molecule has 0 radical (unpaired) electrons. The van der Waals surface area contributed by atoms with Crippen molar-refractivity contribution in [3.63, 3.8) is 0 Å². The molecule has 0 atom stereocenters. The first-order chi connectivity index (χ1) is 7.47. The molecule has 2 nitrogen and oxygen atoms in total. The van der Waals surface area contributed by atoms with Gasteiger partial charge in [-0.3, -0.25) is 4.79 Å². The van der Waals surface area contributed by atoms with Gasteiger partial charge in [0.1, 0.15) is 11.6 Å². The second kappa shape index (κ2) is 5.01. The van der Waals surface area contributed by atoms with E-state index in [2.05, 4.69) is 4.74 Å². The average Bonchev–Trinajstić information content (AvgIpc) is 2.16. The van der Waals surface area contributed by atoms with Gasteiger partial charge in [-0.25, -0.2) is 4.39 Å². The maximum Gasteiger partial charge on any atom is 0.387 e. The Morgan fingerprint density at radius 2 is 2.06 bits per heavy atom. The van der Waals surface area contributed by atoms with Gasteiger partial charge in [-0.05, 0) is 25.0 Å². The highest BCUT2D eigenvalue weighted by atomic mass is 19.3. The van der Waals surface area contributed by atoms with Crippen LogP contribution in [-0.4, -0.2) is 12.4 Å². The molecule has 88 valence electrons. The monoisotopic (exact) mass is 232 g/mol. The van der Waals surface area contributed by atoms with Crippen molar-refractivity contribution in [2.45, 2.75) is 26.9 Å². The molecule has 0 aromatic heterocycles. The lowest BCUT2D eigenvalue weighted by Gasteiger charge is -2.11.